The summed E-state index contributed by atoms with van der Waals surface area (Å²) >= 11 is 0. The van der Waals surface area contributed by atoms with Crippen molar-refractivity contribution in [2.24, 2.45) is 0 Å². The summed E-state index contributed by atoms with van der Waals surface area (Å²) in [5, 5.41) is 1.83. The Morgan fingerprint density at radius 2 is 1.29 bits per heavy atom. The third-order valence-electron chi connectivity index (χ3n) is 6.06. The van der Waals surface area contributed by atoms with E-state index >= 15 is 0 Å². The lowest BCUT2D eigenvalue weighted by atomic mass is 9.82. The maximum atomic E-state index is 12.7. The predicted octanol–water partition coefficient (Wildman–Crippen LogP) is 6.33. The number of hydrogen-bond acceptors (Lipinski definition) is 3. The molecule has 2 aliphatic rings. The number of hydrogen-bond donors (Lipinski definition) is 0. The second-order valence-electron chi connectivity index (χ2n) is 7.75. The van der Waals surface area contributed by atoms with Crippen molar-refractivity contribution in [2.75, 3.05) is 0 Å². The van der Waals surface area contributed by atoms with Gasteiger partial charge in [0.25, 0.3) is 0 Å². The molecule has 148 valence electrons. The molecule has 3 nitrogen and oxygen atoms in total. The van der Waals surface area contributed by atoms with Crippen molar-refractivity contribution in [3.05, 3.63) is 125 Å². The van der Waals surface area contributed by atoms with Gasteiger partial charge in [-0.05, 0) is 17.5 Å². The molecule has 6 rings (SSSR count). The third kappa shape index (κ3) is 2.44. The molecule has 31 heavy (non-hydrogen) atoms. The molecule has 0 atom stereocenters. The molecule has 2 heterocycles. The van der Waals surface area contributed by atoms with Crippen LogP contribution in [0.25, 0.3) is 22.6 Å². The predicted molar refractivity (Wildman–Crippen MR) is 122 cm³/mol. The summed E-state index contributed by atoms with van der Waals surface area (Å²) < 4.78 is 12.3. The van der Waals surface area contributed by atoms with Crippen molar-refractivity contribution >= 4 is 28.6 Å². The molecule has 0 unspecified atom stereocenters. The van der Waals surface area contributed by atoms with Crippen LogP contribution >= 0.6 is 0 Å². The standard InChI is InChI=1S/C28H18O3/c1-18-24-21-14-8-9-15-22(21)26-23(25(24)27(29)30-18)16-17-28(31-26,19-10-4-2-5-11-19)20-12-6-3-7-13-20/h2-17H,1H2. The van der Waals surface area contributed by atoms with Crippen molar-refractivity contribution < 1.29 is 14.3 Å². The van der Waals surface area contributed by atoms with Gasteiger partial charge >= 0.3 is 5.97 Å². The van der Waals surface area contributed by atoms with Gasteiger partial charge in [-0.25, -0.2) is 4.79 Å². The second kappa shape index (κ2) is 6.44. The number of ether oxygens (including phenoxy) is 2. The summed E-state index contributed by atoms with van der Waals surface area (Å²) in [6, 6.07) is 28.2. The number of carbonyl (C=O) groups is 1. The molecule has 0 aromatic heterocycles. The zero-order chi connectivity index (χ0) is 21.0. The SMILES string of the molecule is C=C1OC(=O)c2c3c(c4ccccc4c21)OC(c1ccccc1)(c1ccccc1)C=C3. The fourth-order valence-corrected chi connectivity index (χ4v) is 4.66. The van der Waals surface area contributed by atoms with Crippen LogP contribution in [-0.2, 0) is 10.3 Å². The topological polar surface area (TPSA) is 35.5 Å². The molecule has 0 amide bonds. The van der Waals surface area contributed by atoms with Crippen molar-refractivity contribution in [3.63, 3.8) is 0 Å². The summed E-state index contributed by atoms with van der Waals surface area (Å²) in [5.74, 6) is 0.675. The van der Waals surface area contributed by atoms with Crippen LogP contribution in [0.5, 0.6) is 5.75 Å². The van der Waals surface area contributed by atoms with Gasteiger partial charge in [-0.15, -0.1) is 0 Å². The first-order chi connectivity index (χ1) is 15.2. The monoisotopic (exact) mass is 402 g/mol. The number of benzene rings is 4. The normalized spacial score (nSPS) is 15.9. The van der Waals surface area contributed by atoms with E-state index < -0.39 is 5.60 Å². The summed E-state index contributed by atoms with van der Waals surface area (Å²) in [4.78, 5) is 12.7. The van der Waals surface area contributed by atoms with Gasteiger partial charge in [0.1, 0.15) is 11.5 Å². The van der Waals surface area contributed by atoms with Crippen LogP contribution in [0.3, 0.4) is 0 Å². The molecule has 4 aromatic rings. The van der Waals surface area contributed by atoms with E-state index in [1.165, 1.54) is 0 Å². The third-order valence-corrected chi connectivity index (χ3v) is 6.06. The molecule has 0 saturated heterocycles. The molecule has 4 aromatic carbocycles. The largest absolute Gasteiger partial charge is 0.472 e. The highest BCUT2D eigenvalue weighted by molar-refractivity contribution is 6.15. The summed E-state index contributed by atoms with van der Waals surface area (Å²) in [6.45, 7) is 3.96. The summed E-state index contributed by atoms with van der Waals surface area (Å²) in [7, 11) is 0. The van der Waals surface area contributed by atoms with E-state index in [9.17, 15) is 4.79 Å². The lowest BCUT2D eigenvalue weighted by molar-refractivity contribution is 0.0715. The quantitative estimate of drug-likeness (QED) is 0.368. The molecule has 3 heteroatoms. The first-order valence-corrected chi connectivity index (χ1v) is 10.2. The molecular formula is C28H18O3. The Bertz CT molecular complexity index is 1360. The first kappa shape index (κ1) is 17.7. The molecule has 0 fully saturated rings. The summed E-state index contributed by atoms with van der Waals surface area (Å²) in [6.07, 6.45) is 4.02. The first-order valence-electron chi connectivity index (χ1n) is 10.2. The second-order valence-corrected chi connectivity index (χ2v) is 7.75. The van der Waals surface area contributed by atoms with Crippen LogP contribution in [0.2, 0.25) is 0 Å². The Labute approximate surface area is 179 Å². The minimum absolute atomic E-state index is 0.385. The van der Waals surface area contributed by atoms with Crippen molar-refractivity contribution in [1.82, 2.24) is 0 Å². The van der Waals surface area contributed by atoms with Crippen LogP contribution in [0.1, 0.15) is 32.6 Å². The van der Waals surface area contributed by atoms with E-state index in [-0.39, 0.29) is 5.97 Å². The van der Waals surface area contributed by atoms with Gasteiger partial charge in [-0.2, -0.15) is 0 Å². The van der Waals surface area contributed by atoms with Gasteiger partial charge in [0.05, 0.1) is 5.56 Å². The van der Waals surface area contributed by atoms with E-state index in [1.54, 1.807) is 0 Å². The van der Waals surface area contributed by atoms with Crippen molar-refractivity contribution in [1.29, 1.82) is 0 Å². The zero-order valence-electron chi connectivity index (χ0n) is 16.7. The Morgan fingerprint density at radius 1 is 0.710 bits per heavy atom. The maximum Gasteiger partial charge on any atom is 0.345 e. The smallest absolute Gasteiger partial charge is 0.345 e. The van der Waals surface area contributed by atoms with Crippen LogP contribution in [0.4, 0.5) is 0 Å². The van der Waals surface area contributed by atoms with Crippen molar-refractivity contribution in [3.8, 4) is 5.75 Å². The average Bonchev–Trinajstić information content (AvgIpc) is 3.14. The van der Waals surface area contributed by atoms with Crippen LogP contribution in [-0.4, -0.2) is 5.97 Å². The van der Waals surface area contributed by atoms with Gasteiger partial charge in [-0.3, -0.25) is 0 Å². The number of esters is 1. The van der Waals surface area contributed by atoms with E-state index in [1.807, 2.05) is 72.8 Å². The molecular weight excluding hydrogens is 384 g/mol. The molecule has 0 spiro atoms. The van der Waals surface area contributed by atoms with E-state index in [0.717, 1.165) is 33.0 Å². The maximum absolute atomic E-state index is 12.7. The fraction of sp³-hybridized carbons (Fsp3) is 0.0357. The van der Waals surface area contributed by atoms with E-state index in [4.69, 9.17) is 9.47 Å². The van der Waals surface area contributed by atoms with Gasteiger partial charge in [-0.1, -0.05) is 91.5 Å². The molecule has 0 saturated carbocycles. The lowest BCUT2D eigenvalue weighted by Gasteiger charge is -2.37. The number of cyclic esters (lactones) is 1. The van der Waals surface area contributed by atoms with Crippen molar-refractivity contribution in [2.45, 2.75) is 5.60 Å². The molecule has 0 N–H and O–H groups in total. The lowest BCUT2D eigenvalue weighted by Crippen LogP contribution is -2.34. The number of rotatable bonds is 2. The van der Waals surface area contributed by atoms with Gasteiger partial charge < -0.3 is 9.47 Å². The molecule has 0 radical (unpaired) electrons. The fourth-order valence-electron chi connectivity index (χ4n) is 4.66. The Kier molecular flexibility index (Phi) is 3.68. The zero-order valence-corrected chi connectivity index (χ0v) is 16.7. The van der Waals surface area contributed by atoms with Crippen LogP contribution in [0, 0.1) is 0 Å². The summed E-state index contributed by atoms with van der Waals surface area (Å²) in [5.41, 5.74) is 3.22. The molecule has 2 aliphatic heterocycles. The number of carbonyl (C=O) groups excluding carboxylic acids is 1. The average molecular weight is 402 g/mol. The molecule has 0 aliphatic carbocycles. The van der Waals surface area contributed by atoms with Crippen LogP contribution in [0.15, 0.2) is 97.6 Å². The van der Waals surface area contributed by atoms with E-state index in [0.29, 0.717) is 17.1 Å². The minimum atomic E-state index is -0.813. The highest BCUT2D eigenvalue weighted by Crippen LogP contribution is 2.50. The molecule has 0 bridgehead atoms. The van der Waals surface area contributed by atoms with Gasteiger partial charge in [0.15, 0.2) is 5.60 Å². The number of fused-ring (bicyclic) bond motifs is 6. The Hall–Kier alpha value is -4.11. The highest BCUT2D eigenvalue weighted by atomic mass is 16.5. The Balaban J connectivity index is 1.69. The van der Waals surface area contributed by atoms with Gasteiger partial charge in [0, 0.05) is 27.6 Å². The van der Waals surface area contributed by atoms with E-state index in [2.05, 4.69) is 30.8 Å². The highest BCUT2D eigenvalue weighted by Gasteiger charge is 2.41. The van der Waals surface area contributed by atoms with Gasteiger partial charge in [0.2, 0.25) is 0 Å². The Morgan fingerprint density at radius 3 is 1.94 bits per heavy atom. The minimum Gasteiger partial charge on any atom is -0.472 e. The van der Waals surface area contributed by atoms with Crippen LogP contribution < -0.4 is 4.74 Å².